The zero-order chi connectivity index (χ0) is 21.7. The Morgan fingerprint density at radius 2 is 1.61 bits per heavy atom. The number of nitro benzene ring substituents is 1. The number of non-ortho nitro benzene ring substituents is 1. The lowest BCUT2D eigenvalue weighted by Crippen LogP contribution is -2.36. The van der Waals surface area contributed by atoms with E-state index in [4.69, 9.17) is 16.0 Å². The molecular formula is C23H19ClN2O5. The van der Waals surface area contributed by atoms with Gasteiger partial charge in [-0.3, -0.25) is 19.7 Å². The number of benzene rings is 1. The van der Waals surface area contributed by atoms with Gasteiger partial charge in [-0.15, -0.1) is 0 Å². The van der Waals surface area contributed by atoms with Crippen LogP contribution in [0.25, 0.3) is 11.3 Å². The van der Waals surface area contributed by atoms with E-state index >= 15 is 0 Å². The second-order valence-corrected chi connectivity index (χ2v) is 8.43. The van der Waals surface area contributed by atoms with Gasteiger partial charge < -0.3 is 9.73 Å². The lowest BCUT2D eigenvalue weighted by atomic mass is 9.73. The fraction of sp³-hybridized carbons (Fsp3) is 0.304. The number of nitro groups is 1. The van der Waals surface area contributed by atoms with Gasteiger partial charge in [-0.2, -0.15) is 0 Å². The molecule has 31 heavy (non-hydrogen) atoms. The first-order valence-electron chi connectivity index (χ1n) is 10.3. The van der Waals surface area contributed by atoms with Crippen LogP contribution in [0.4, 0.5) is 5.69 Å². The largest absolute Gasteiger partial charge is 0.460 e. The maximum atomic E-state index is 12.9. The van der Waals surface area contributed by atoms with E-state index < -0.39 is 10.8 Å². The molecule has 0 atom stereocenters. The van der Waals surface area contributed by atoms with Crippen LogP contribution in [0.5, 0.6) is 0 Å². The molecule has 0 saturated carbocycles. The highest BCUT2D eigenvalue weighted by molar-refractivity contribution is 6.33. The van der Waals surface area contributed by atoms with Crippen molar-refractivity contribution in [1.82, 2.24) is 5.32 Å². The molecule has 0 unspecified atom stereocenters. The van der Waals surface area contributed by atoms with Crippen LogP contribution in [0.15, 0.2) is 57.3 Å². The van der Waals surface area contributed by atoms with E-state index in [1.54, 1.807) is 18.2 Å². The summed E-state index contributed by atoms with van der Waals surface area (Å²) in [5.74, 6) is 0.489. The highest BCUT2D eigenvalue weighted by atomic mass is 35.5. The first-order valence-corrected chi connectivity index (χ1v) is 10.7. The molecule has 0 amide bonds. The summed E-state index contributed by atoms with van der Waals surface area (Å²) in [4.78, 5) is 36.2. The van der Waals surface area contributed by atoms with Crippen LogP contribution in [0, 0.1) is 10.1 Å². The Bertz CT molecular complexity index is 1160. The first kappa shape index (κ1) is 19.8. The minimum Gasteiger partial charge on any atom is -0.460 e. The zero-order valence-electron chi connectivity index (χ0n) is 16.6. The summed E-state index contributed by atoms with van der Waals surface area (Å²) in [6, 6.07) is 7.68. The lowest BCUT2D eigenvalue weighted by Gasteiger charge is -2.36. The number of Topliss-reactive ketones (excluding diaryl/α,β-unsaturated/α-hetero) is 2. The van der Waals surface area contributed by atoms with Crippen molar-refractivity contribution < 1.29 is 18.9 Å². The Hall–Kier alpha value is -3.19. The van der Waals surface area contributed by atoms with Crippen LogP contribution in [0.3, 0.4) is 0 Å². The average Bonchev–Trinajstić information content (AvgIpc) is 3.22. The van der Waals surface area contributed by atoms with Crippen molar-refractivity contribution in [2.45, 2.75) is 44.4 Å². The topological polar surface area (TPSA) is 102 Å². The molecule has 0 saturated heterocycles. The molecule has 2 heterocycles. The highest BCUT2D eigenvalue weighted by Gasteiger charge is 2.41. The summed E-state index contributed by atoms with van der Waals surface area (Å²) in [5.41, 5.74) is 3.43. The number of hydrogen-bond donors (Lipinski definition) is 1. The monoisotopic (exact) mass is 438 g/mol. The van der Waals surface area contributed by atoms with Crippen LogP contribution in [0.2, 0.25) is 5.02 Å². The summed E-state index contributed by atoms with van der Waals surface area (Å²) in [6.07, 6.45) is 4.02. The van der Waals surface area contributed by atoms with E-state index in [-0.39, 0.29) is 22.3 Å². The fourth-order valence-corrected chi connectivity index (χ4v) is 5.01. The summed E-state index contributed by atoms with van der Waals surface area (Å²) in [6.45, 7) is 0. The molecule has 1 aromatic heterocycles. The standard InChI is InChI=1S/C23H19ClN2O5/c24-14-11-12(26(29)30)7-8-13(14)19-9-10-20(31-19)23-21-15(3-1-5-17(21)27)25-16-4-2-6-18(28)22(16)23/h7-11,23,25H,1-6H2. The average molecular weight is 439 g/mol. The van der Waals surface area contributed by atoms with Gasteiger partial charge in [0, 0.05) is 53.1 Å². The van der Waals surface area contributed by atoms with Crippen LogP contribution >= 0.6 is 11.6 Å². The number of furan rings is 1. The number of nitrogens with one attached hydrogen (secondary N) is 1. The van der Waals surface area contributed by atoms with Crippen LogP contribution in [0.1, 0.15) is 50.2 Å². The number of nitrogens with zero attached hydrogens (tertiary/aromatic N) is 1. The molecule has 8 heteroatoms. The third-order valence-corrected chi connectivity index (χ3v) is 6.44. The van der Waals surface area contributed by atoms with Gasteiger partial charge in [0.2, 0.25) is 0 Å². The SMILES string of the molecule is O=C1CCCC2=C1C(c1ccc(-c3ccc([N+](=O)[O-])cc3Cl)o1)C1=C(CCCC1=O)N2. The number of halogens is 1. The maximum Gasteiger partial charge on any atom is 0.270 e. The second-order valence-electron chi connectivity index (χ2n) is 8.02. The molecule has 5 rings (SSSR count). The molecule has 2 aromatic rings. The molecule has 1 aromatic carbocycles. The van der Waals surface area contributed by atoms with Crippen molar-refractivity contribution in [3.8, 4) is 11.3 Å². The third-order valence-electron chi connectivity index (χ3n) is 6.13. The quantitative estimate of drug-likeness (QED) is 0.521. The molecule has 1 aliphatic heterocycles. The molecule has 158 valence electrons. The van der Waals surface area contributed by atoms with E-state index in [0.29, 0.717) is 41.1 Å². The van der Waals surface area contributed by atoms with Crippen molar-refractivity contribution in [2.75, 3.05) is 0 Å². The Morgan fingerprint density at radius 3 is 2.19 bits per heavy atom. The summed E-state index contributed by atoms with van der Waals surface area (Å²) < 4.78 is 6.13. The molecule has 1 N–H and O–H groups in total. The van der Waals surface area contributed by atoms with E-state index in [9.17, 15) is 19.7 Å². The Labute approximate surface area is 182 Å². The van der Waals surface area contributed by atoms with E-state index in [1.165, 1.54) is 12.1 Å². The first-order chi connectivity index (χ1) is 14.9. The highest BCUT2D eigenvalue weighted by Crippen LogP contribution is 2.46. The molecule has 2 aliphatic carbocycles. The summed E-state index contributed by atoms with van der Waals surface area (Å²) in [5, 5.41) is 14.6. The van der Waals surface area contributed by atoms with E-state index in [2.05, 4.69) is 5.32 Å². The van der Waals surface area contributed by atoms with Gasteiger partial charge in [-0.05, 0) is 43.9 Å². The third kappa shape index (κ3) is 3.29. The molecule has 7 nitrogen and oxygen atoms in total. The molecule has 0 bridgehead atoms. The zero-order valence-corrected chi connectivity index (χ0v) is 17.3. The number of carbonyl (C=O) groups excluding carboxylic acids is 2. The Morgan fingerprint density at radius 1 is 0.968 bits per heavy atom. The number of carbonyl (C=O) groups is 2. The van der Waals surface area contributed by atoms with Crippen LogP contribution in [-0.4, -0.2) is 16.5 Å². The smallest absolute Gasteiger partial charge is 0.270 e. The van der Waals surface area contributed by atoms with Gasteiger partial charge in [0.25, 0.3) is 5.69 Å². The van der Waals surface area contributed by atoms with Crippen molar-refractivity contribution in [3.05, 3.63) is 73.8 Å². The second kappa shape index (κ2) is 7.50. The van der Waals surface area contributed by atoms with E-state index in [1.807, 2.05) is 0 Å². The predicted molar refractivity (Wildman–Crippen MR) is 113 cm³/mol. The van der Waals surface area contributed by atoms with Crippen LogP contribution in [-0.2, 0) is 9.59 Å². The van der Waals surface area contributed by atoms with Crippen LogP contribution < -0.4 is 5.32 Å². The van der Waals surface area contributed by atoms with Gasteiger partial charge in [0.15, 0.2) is 11.6 Å². The molecule has 0 radical (unpaired) electrons. The van der Waals surface area contributed by atoms with E-state index in [0.717, 1.165) is 37.1 Å². The van der Waals surface area contributed by atoms with Crippen molar-refractivity contribution in [2.24, 2.45) is 0 Å². The molecule has 3 aliphatic rings. The minimum absolute atomic E-state index is 0.0370. The predicted octanol–water partition coefficient (Wildman–Crippen LogP) is 5.21. The van der Waals surface area contributed by atoms with Crippen molar-refractivity contribution >= 4 is 28.9 Å². The fourth-order valence-electron chi connectivity index (χ4n) is 4.74. The number of hydrogen-bond acceptors (Lipinski definition) is 6. The molecule has 0 spiro atoms. The minimum atomic E-state index is -0.530. The molecule has 0 fully saturated rings. The number of allylic oxidation sites excluding steroid dienone is 4. The summed E-state index contributed by atoms with van der Waals surface area (Å²) in [7, 11) is 0. The van der Waals surface area contributed by atoms with Gasteiger partial charge in [0.1, 0.15) is 11.5 Å². The van der Waals surface area contributed by atoms with Crippen molar-refractivity contribution in [1.29, 1.82) is 0 Å². The van der Waals surface area contributed by atoms with Gasteiger partial charge >= 0.3 is 0 Å². The number of rotatable bonds is 3. The van der Waals surface area contributed by atoms with Gasteiger partial charge in [-0.1, -0.05) is 11.6 Å². The Kier molecular flexibility index (Phi) is 4.78. The normalized spacial score (nSPS) is 19.3. The summed E-state index contributed by atoms with van der Waals surface area (Å²) >= 11 is 6.27. The van der Waals surface area contributed by atoms with Crippen molar-refractivity contribution in [3.63, 3.8) is 0 Å². The molecular weight excluding hydrogens is 420 g/mol. The van der Waals surface area contributed by atoms with Gasteiger partial charge in [-0.25, -0.2) is 0 Å². The number of dihydropyridines is 1. The maximum absolute atomic E-state index is 12.9. The lowest BCUT2D eigenvalue weighted by molar-refractivity contribution is -0.384. The number of ketones is 2. The van der Waals surface area contributed by atoms with Gasteiger partial charge in [0.05, 0.1) is 15.9 Å². The Balaban J connectivity index is 1.60.